The average molecular weight is 510 g/mol. The monoisotopic (exact) mass is 510 g/mol. The van der Waals surface area contributed by atoms with Gasteiger partial charge in [0.1, 0.15) is 6.61 Å². The average Bonchev–Trinajstić information content (AvgIpc) is 2.78. The minimum atomic E-state index is -1.48. The standard InChI is InChI=1S/C21H26N4O11/c1-12(26)33-11-19(35-14(3)28)21(36-15(4)29)18(34-13(2)27)9-23-24-20(30)10-22-16-5-7-17(8-6-16)25(31)32/h5-9,18-19,21-22H,10-11H2,1-4H3,(H,24,30)/b23-9+/t18-,19+,21-/m0/s1. The summed E-state index contributed by atoms with van der Waals surface area (Å²) in [6, 6.07) is 5.33. The summed E-state index contributed by atoms with van der Waals surface area (Å²) in [4.78, 5) is 68.2. The number of esters is 4. The summed E-state index contributed by atoms with van der Waals surface area (Å²) in [6.45, 7) is 3.49. The summed E-state index contributed by atoms with van der Waals surface area (Å²) in [6.07, 6.45) is -3.36. The van der Waals surface area contributed by atoms with E-state index in [1.165, 1.54) is 24.3 Å². The van der Waals surface area contributed by atoms with Crippen molar-refractivity contribution in [2.45, 2.75) is 46.0 Å². The number of nitrogens with zero attached hydrogens (tertiary/aromatic N) is 2. The summed E-state index contributed by atoms with van der Waals surface area (Å²) in [5, 5.41) is 17.1. The predicted molar refractivity (Wildman–Crippen MR) is 122 cm³/mol. The van der Waals surface area contributed by atoms with Gasteiger partial charge in [-0.3, -0.25) is 34.1 Å². The van der Waals surface area contributed by atoms with E-state index in [0.717, 1.165) is 33.9 Å². The lowest BCUT2D eigenvalue weighted by Gasteiger charge is -2.29. The molecule has 1 rings (SSSR count). The summed E-state index contributed by atoms with van der Waals surface area (Å²) >= 11 is 0. The molecule has 15 heteroatoms. The molecule has 1 aromatic carbocycles. The van der Waals surface area contributed by atoms with E-state index in [-0.39, 0.29) is 12.2 Å². The van der Waals surface area contributed by atoms with Crippen LogP contribution in [0.15, 0.2) is 29.4 Å². The maximum atomic E-state index is 12.1. The van der Waals surface area contributed by atoms with Gasteiger partial charge in [0.25, 0.3) is 11.6 Å². The molecule has 0 radical (unpaired) electrons. The maximum absolute atomic E-state index is 12.1. The highest BCUT2D eigenvalue weighted by atomic mass is 16.6. The molecule has 0 saturated heterocycles. The zero-order valence-electron chi connectivity index (χ0n) is 19.9. The number of hydrogen-bond donors (Lipinski definition) is 2. The Morgan fingerprint density at radius 2 is 1.53 bits per heavy atom. The van der Waals surface area contributed by atoms with E-state index in [4.69, 9.17) is 18.9 Å². The molecule has 3 atom stereocenters. The van der Waals surface area contributed by atoms with E-state index in [2.05, 4.69) is 15.8 Å². The van der Waals surface area contributed by atoms with Crippen LogP contribution in [0.5, 0.6) is 0 Å². The molecular weight excluding hydrogens is 484 g/mol. The summed E-state index contributed by atoms with van der Waals surface area (Å²) in [5.74, 6) is -3.80. The third kappa shape index (κ3) is 11.5. The van der Waals surface area contributed by atoms with Crippen LogP contribution in [0, 0.1) is 10.1 Å². The number of nitro groups is 1. The molecule has 36 heavy (non-hydrogen) atoms. The number of hydrazone groups is 1. The highest BCUT2D eigenvalue weighted by Gasteiger charge is 2.37. The normalized spacial score (nSPS) is 13.0. The second-order valence-corrected chi connectivity index (χ2v) is 7.07. The Morgan fingerprint density at radius 3 is 2.03 bits per heavy atom. The van der Waals surface area contributed by atoms with Crippen molar-refractivity contribution >= 4 is 47.4 Å². The van der Waals surface area contributed by atoms with Gasteiger partial charge in [-0.1, -0.05) is 0 Å². The molecule has 0 spiro atoms. The van der Waals surface area contributed by atoms with Crippen molar-refractivity contribution in [3.05, 3.63) is 34.4 Å². The van der Waals surface area contributed by atoms with Crippen molar-refractivity contribution in [2.24, 2.45) is 5.10 Å². The van der Waals surface area contributed by atoms with Gasteiger partial charge in [-0.2, -0.15) is 5.10 Å². The van der Waals surface area contributed by atoms with Gasteiger partial charge in [0.05, 0.1) is 17.7 Å². The van der Waals surface area contributed by atoms with Crippen LogP contribution in [-0.2, 0) is 42.9 Å². The zero-order valence-corrected chi connectivity index (χ0v) is 19.9. The smallest absolute Gasteiger partial charge is 0.303 e. The van der Waals surface area contributed by atoms with Gasteiger partial charge < -0.3 is 24.3 Å². The maximum Gasteiger partial charge on any atom is 0.303 e. The Bertz CT molecular complexity index is 994. The second kappa shape index (κ2) is 14.6. The molecule has 0 aliphatic rings. The third-order valence-electron chi connectivity index (χ3n) is 4.00. The largest absolute Gasteiger partial charge is 0.462 e. The summed E-state index contributed by atoms with van der Waals surface area (Å²) in [5.41, 5.74) is 2.48. The highest BCUT2D eigenvalue weighted by molar-refractivity contribution is 5.82. The number of anilines is 1. The first-order valence-corrected chi connectivity index (χ1v) is 10.3. The SMILES string of the molecule is CC(=O)OC[C@@H](OC(C)=O)[C@@H](OC(C)=O)[C@H](/C=N/NC(=O)CNc1ccc([N+](=O)[O-])cc1)OC(C)=O. The quantitative estimate of drug-likeness (QED) is 0.122. The number of ether oxygens (including phenoxy) is 4. The van der Waals surface area contributed by atoms with Crippen LogP contribution in [0.25, 0.3) is 0 Å². The van der Waals surface area contributed by atoms with Crippen molar-refractivity contribution < 1.29 is 47.8 Å². The van der Waals surface area contributed by atoms with E-state index < -0.39 is 59.6 Å². The van der Waals surface area contributed by atoms with Crippen LogP contribution in [0.1, 0.15) is 27.7 Å². The van der Waals surface area contributed by atoms with Crippen molar-refractivity contribution in [3.8, 4) is 0 Å². The Labute approximate surface area is 205 Å². The van der Waals surface area contributed by atoms with Crippen molar-refractivity contribution in [2.75, 3.05) is 18.5 Å². The molecular formula is C21H26N4O11. The lowest BCUT2D eigenvalue weighted by molar-refractivity contribution is -0.384. The summed E-state index contributed by atoms with van der Waals surface area (Å²) < 4.78 is 20.2. The number of carbonyl (C=O) groups excluding carboxylic acids is 5. The van der Waals surface area contributed by atoms with Gasteiger partial charge in [-0.25, -0.2) is 5.43 Å². The minimum Gasteiger partial charge on any atom is -0.462 e. The van der Waals surface area contributed by atoms with E-state index in [9.17, 15) is 34.1 Å². The van der Waals surface area contributed by atoms with Crippen LogP contribution in [0.3, 0.4) is 0 Å². The molecule has 2 N–H and O–H groups in total. The molecule has 0 fully saturated rings. The topological polar surface area (TPSA) is 202 Å². The van der Waals surface area contributed by atoms with Gasteiger partial charge in [0.2, 0.25) is 0 Å². The molecule has 0 heterocycles. The molecule has 1 aromatic rings. The molecule has 0 aliphatic heterocycles. The van der Waals surface area contributed by atoms with E-state index in [0.29, 0.717) is 5.69 Å². The number of nitrogens with one attached hydrogen (secondary N) is 2. The van der Waals surface area contributed by atoms with E-state index >= 15 is 0 Å². The molecule has 0 aliphatic carbocycles. The van der Waals surface area contributed by atoms with E-state index in [1.807, 2.05) is 0 Å². The van der Waals surface area contributed by atoms with Crippen LogP contribution < -0.4 is 10.7 Å². The number of nitro benzene ring substituents is 1. The van der Waals surface area contributed by atoms with Gasteiger partial charge in [0, 0.05) is 45.5 Å². The summed E-state index contributed by atoms with van der Waals surface area (Å²) in [7, 11) is 0. The highest BCUT2D eigenvalue weighted by Crippen LogP contribution is 2.16. The van der Waals surface area contributed by atoms with E-state index in [1.54, 1.807) is 0 Å². The fourth-order valence-corrected chi connectivity index (χ4v) is 2.63. The molecule has 0 saturated carbocycles. The minimum absolute atomic E-state index is 0.116. The Morgan fingerprint density at radius 1 is 0.944 bits per heavy atom. The first kappa shape index (κ1) is 29.5. The fourth-order valence-electron chi connectivity index (χ4n) is 2.63. The molecule has 0 aromatic heterocycles. The Hall–Kier alpha value is -4.56. The molecule has 1 amide bonds. The first-order valence-electron chi connectivity index (χ1n) is 10.3. The molecule has 0 unspecified atom stereocenters. The lowest BCUT2D eigenvalue weighted by Crippen LogP contribution is -2.48. The van der Waals surface area contributed by atoms with Crippen LogP contribution in [0.4, 0.5) is 11.4 Å². The third-order valence-corrected chi connectivity index (χ3v) is 4.00. The van der Waals surface area contributed by atoms with Crippen molar-refractivity contribution in [3.63, 3.8) is 0 Å². The van der Waals surface area contributed by atoms with Gasteiger partial charge >= 0.3 is 23.9 Å². The predicted octanol–water partition coefficient (Wildman–Crippen LogP) is 0.467. The van der Waals surface area contributed by atoms with Crippen LogP contribution in [0.2, 0.25) is 0 Å². The van der Waals surface area contributed by atoms with Gasteiger partial charge in [-0.15, -0.1) is 0 Å². The lowest BCUT2D eigenvalue weighted by atomic mass is 10.1. The number of non-ortho nitro benzene ring substituents is 1. The van der Waals surface area contributed by atoms with Crippen molar-refractivity contribution in [1.29, 1.82) is 0 Å². The van der Waals surface area contributed by atoms with Gasteiger partial charge in [0.15, 0.2) is 18.3 Å². The molecule has 196 valence electrons. The van der Waals surface area contributed by atoms with Crippen LogP contribution in [-0.4, -0.2) is 72.4 Å². The van der Waals surface area contributed by atoms with Crippen LogP contribution >= 0.6 is 0 Å². The first-order chi connectivity index (χ1) is 16.9. The number of amides is 1. The Balaban J connectivity index is 2.94. The number of carbonyl (C=O) groups is 5. The zero-order chi connectivity index (χ0) is 27.3. The number of rotatable bonds is 13. The molecule has 0 bridgehead atoms. The number of hydrogen-bond acceptors (Lipinski definition) is 13. The Kier molecular flexibility index (Phi) is 12.0. The molecule has 15 nitrogen and oxygen atoms in total. The van der Waals surface area contributed by atoms with Gasteiger partial charge in [-0.05, 0) is 12.1 Å². The second-order valence-electron chi connectivity index (χ2n) is 7.07. The van der Waals surface area contributed by atoms with Crippen molar-refractivity contribution in [1.82, 2.24) is 5.43 Å². The fraction of sp³-hybridized carbons (Fsp3) is 0.429. The number of benzene rings is 1.